The van der Waals surface area contributed by atoms with E-state index in [0.29, 0.717) is 22.6 Å². The van der Waals surface area contributed by atoms with E-state index in [1.165, 1.54) is 6.07 Å². The number of rotatable bonds is 6. The van der Waals surface area contributed by atoms with Gasteiger partial charge in [0, 0.05) is 5.56 Å². The average molecular weight is 348 g/mol. The third-order valence-electron chi connectivity index (χ3n) is 3.60. The summed E-state index contributed by atoms with van der Waals surface area (Å²) in [7, 11) is 0. The van der Waals surface area contributed by atoms with Gasteiger partial charge in [0.05, 0.1) is 30.2 Å². The van der Waals surface area contributed by atoms with Gasteiger partial charge in [-0.3, -0.25) is 9.48 Å². The fraction of sp³-hybridized carbons (Fsp3) is 0.353. The third kappa shape index (κ3) is 4.79. The zero-order chi connectivity index (χ0) is 18.4. The second-order valence-electron chi connectivity index (χ2n) is 5.41. The van der Waals surface area contributed by atoms with Crippen LogP contribution in [0.1, 0.15) is 23.9 Å². The molecular formula is C17H21FN4O3. The molecule has 0 saturated heterocycles. The van der Waals surface area contributed by atoms with E-state index < -0.39 is 12.0 Å². The zero-order valence-electron chi connectivity index (χ0n) is 14.4. The molecule has 2 N–H and O–H groups in total. The van der Waals surface area contributed by atoms with Gasteiger partial charge in [0.15, 0.2) is 0 Å². The molecule has 134 valence electrons. The van der Waals surface area contributed by atoms with Crippen molar-refractivity contribution in [3.05, 3.63) is 47.0 Å². The highest BCUT2D eigenvalue weighted by Crippen LogP contribution is 2.21. The molecule has 0 atom stereocenters. The molecule has 2 amide bonds. The lowest BCUT2D eigenvalue weighted by atomic mass is 10.2. The first-order valence-corrected chi connectivity index (χ1v) is 7.90. The number of halogens is 1. The van der Waals surface area contributed by atoms with E-state index in [0.717, 1.165) is 0 Å². The third-order valence-corrected chi connectivity index (χ3v) is 3.60. The molecule has 0 saturated carbocycles. The number of anilines is 1. The van der Waals surface area contributed by atoms with Crippen LogP contribution in [-0.2, 0) is 16.1 Å². The topological polar surface area (TPSA) is 85.2 Å². The Kier molecular flexibility index (Phi) is 6.10. The molecular weight excluding hydrogens is 327 g/mol. The molecule has 0 fully saturated rings. The Morgan fingerprint density at radius 1 is 1.28 bits per heavy atom. The van der Waals surface area contributed by atoms with E-state index in [1.54, 1.807) is 43.7 Å². The standard InChI is InChI=1S/C17H21FN4O3/c1-4-25-15(23)9-19-17(24)20-16-11(2)21-22(12(16)3)10-13-7-5-6-8-14(13)18/h5-8H,4,9-10H2,1-3H3,(H2,19,20,24). The monoisotopic (exact) mass is 348 g/mol. The van der Waals surface area contributed by atoms with Gasteiger partial charge in [-0.05, 0) is 26.8 Å². The largest absolute Gasteiger partial charge is 0.465 e. The van der Waals surface area contributed by atoms with Crippen LogP contribution in [0.4, 0.5) is 14.9 Å². The summed E-state index contributed by atoms with van der Waals surface area (Å²) in [4.78, 5) is 23.2. The Balaban J connectivity index is 2.05. The number of aromatic nitrogens is 2. The van der Waals surface area contributed by atoms with Gasteiger partial charge in [-0.2, -0.15) is 5.10 Å². The molecule has 1 aromatic carbocycles. The van der Waals surface area contributed by atoms with Crippen LogP contribution in [0.3, 0.4) is 0 Å². The van der Waals surface area contributed by atoms with Crippen molar-refractivity contribution in [2.45, 2.75) is 27.3 Å². The first-order chi connectivity index (χ1) is 11.9. The highest BCUT2D eigenvalue weighted by molar-refractivity contribution is 5.92. The first-order valence-electron chi connectivity index (χ1n) is 7.90. The second kappa shape index (κ2) is 8.27. The highest BCUT2D eigenvalue weighted by atomic mass is 19.1. The van der Waals surface area contributed by atoms with E-state index in [2.05, 4.69) is 15.7 Å². The van der Waals surface area contributed by atoms with Crippen LogP contribution in [0.5, 0.6) is 0 Å². The van der Waals surface area contributed by atoms with E-state index in [-0.39, 0.29) is 25.5 Å². The quantitative estimate of drug-likeness (QED) is 0.785. The lowest BCUT2D eigenvalue weighted by Crippen LogP contribution is -2.34. The smallest absolute Gasteiger partial charge is 0.325 e. The van der Waals surface area contributed by atoms with Crippen LogP contribution >= 0.6 is 0 Å². The molecule has 8 heteroatoms. The minimum absolute atomic E-state index is 0.221. The van der Waals surface area contributed by atoms with E-state index in [1.807, 2.05) is 0 Å². The fourth-order valence-electron chi connectivity index (χ4n) is 2.34. The summed E-state index contributed by atoms with van der Waals surface area (Å²) in [5.74, 6) is -0.821. The molecule has 0 unspecified atom stereocenters. The Bertz CT molecular complexity index is 773. The molecule has 0 bridgehead atoms. The van der Waals surface area contributed by atoms with Crippen LogP contribution < -0.4 is 10.6 Å². The lowest BCUT2D eigenvalue weighted by molar-refractivity contribution is -0.141. The molecule has 0 radical (unpaired) electrons. The van der Waals surface area contributed by atoms with E-state index >= 15 is 0 Å². The maximum absolute atomic E-state index is 13.8. The van der Waals surface area contributed by atoms with Crippen LogP contribution in [0.25, 0.3) is 0 Å². The number of ether oxygens (including phenoxy) is 1. The summed E-state index contributed by atoms with van der Waals surface area (Å²) < 4.78 is 20.2. The predicted octanol–water partition coefficient (Wildman–Crippen LogP) is 2.37. The zero-order valence-corrected chi connectivity index (χ0v) is 14.4. The van der Waals surface area contributed by atoms with Crippen molar-refractivity contribution in [2.75, 3.05) is 18.5 Å². The maximum atomic E-state index is 13.8. The maximum Gasteiger partial charge on any atom is 0.325 e. The Hall–Kier alpha value is -2.90. The van der Waals surface area contributed by atoms with Crippen LogP contribution in [0, 0.1) is 19.7 Å². The van der Waals surface area contributed by atoms with Gasteiger partial charge in [0.25, 0.3) is 0 Å². The summed E-state index contributed by atoms with van der Waals surface area (Å²) in [6, 6.07) is 5.92. The van der Waals surface area contributed by atoms with Crippen molar-refractivity contribution in [2.24, 2.45) is 0 Å². The summed E-state index contributed by atoms with van der Waals surface area (Å²) >= 11 is 0. The molecule has 0 aliphatic carbocycles. The number of benzene rings is 1. The number of nitrogens with one attached hydrogen (secondary N) is 2. The Morgan fingerprint density at radius 3 is 2.68 bits per heavy atom. The normalized spacial score (nSPS) is 10.4. The Morgan fingerprint density at radius 2 is 2.00 bits per heavy atom. The molecule has 1 aromatic heterocycles. The number of urea groups is 1. The predicted molar refractivity (Wildman–Crippen MR) is 90.9 cm³/mol. The van der Waals surface area contributed by atoms with Crippen LogP contribution in [0.2, 0.25) is 0 Å². The molecule has 0 aliphatic heterocycles. The number of hydrogen-bond donors (Lipinski definition) is 2. The van der Waals surface area contributed by atoms with Gasteiger partial charge < -0.3 is 15.4 Å². The summed E-state index contributed by atoms with van der Waals surface area (Å²) in [5.41, 5.74) is 2.32. The highest BCUT2D eigenvalue weighted by Gasteiger charge is 2.15. The number of esters is 1. The molecule has 0 spiro atoms. The van der Waals surface area contributed by atoms with Crippen molar-refractivity contribution < 1.29 is 18.7 Å². The second-order valence-corrected chi connectivity index (χ2v) is 5.41. The summed E-state index contributed by atoms with van der Waals surface area (Å²) in [6.07, 6.45) is 0. The summed E-state index contributed by atoms with van der Waals surface area (Å²) in [5, 5.41) is 9.42. The molecule has 2 aromatic rings. The lowest BCUT2D eigenvalue weighted by Gasteiger charge is -2.09. The van der Waals surface area contributed by atoms with Gasteiger partial charge in [0.2, 0.25) is 0 Å². The fourth-order valence-corrected chi connectivity index (χ4v) is 2.34. The van der Waals surface area contributed by atoms with Gasteiger partial charge in [0.1, 0.15) is 12.4 Å². The molecule has 2 rings (SSSR count). The minimum Gasteiger partial charge on any atom is -0.465 e. The van der Waals surface area contributed by atoms with Crippen molar-refractivity contribution in [3.8, 4) is 0 Å². The van der Waals surface area contributed by atoms with Crippen molar-refractivity contribution in [3.63, 3.8) is 0 Å². The van der Waals surface area contributed by atoms with Crippen molar-refractivity contribution >= 4 is 17.7 Å². The van der Waals surface area contributed by atoms with Crippen LogP contribution in [0.15, 0.2) is 24.3 Å². The molecule has 25 heavy (non-hydrogen) atoms. The molecule has 0 aliphatic rings. The number of carbonyl (C=O) groups excluding carboxylic acids is 2. The number of carbonyl (C=O) groups is 2. The van der Waals surface area contributed by atoms with E-state index in [9.17, 15) is 14.0 Å². The van der Waals surface area contributed by atoms with Gasteiger partial charge in [-0.15, -0.1) is 0 Å². The Labute approximate surface area is 145 Å². The molecule has 1 heterocycles. The minimum atomic E-state index is -0.537. The number of aryl methyl sites for hydroxylation is 1. The number of hydrogen-bond acceptors (Lipinski definition) is 4. The van der Waals surface area contributed by atoms with Gasteiger partial charge in [-0.1, -0.05) is 18.2 Å². The van der Waals surface area contributed by atoms with E-state index in [4.69, 9.17) is 4.74 Å². The first kappa shape index (κ1) is 18.4. The number of nitrogens with zero attached hydrogens (tertiary/aromatic N) is 2. The van der Waals surface area contributed by atoms with Crippen molar-refractivity contribution in [1.29, 1.82) is 0 Å². The van der Waals surface area contributed by atoms with Gasteiger partial charge >= 0.3 is 12.0 Å². The average Bonchev–Trinajstić information content (AvgIpc) is 2.83. The SMILES string of the molecule is CCOC(=O)CNC(=O)Nc1c(C)nn(Cc2ccccc2F)c1C. The summed E-state index contributed by atoms with van der Waals surface area (Å²) in [6.45, 7) is 5.50. The number of amides is 2. The van der Waals surface area contributed by atoms with Gasteiger partial charge in [-0.25, -0.2) is 9.18 Å². The van der Waals surface area contributed by atoms with Crippen molar-refractivity contribution in [1.82, 2.24) is 15.1 Å². The van der Waals surface area contributed by atoms with Crippen LogP contribution in [-0.4, -0.2) is 34.9 Å². The molecule has 7 nitrogen and oxygen atoms in total.